The fourth-order valence-electron chi connectivity index (χ4n) is 1.66. The quantitative estimate of drug-likeness (QED) is 0.863. The van der Waals surface area contributed by atoms with Crippen molar-refractivity contribution in [3.05, 3.63) is 53.8 Å². The number of anilines is 1. The third-order valence-corrected chi connectivity index (χ3v) is 3.57. The number of hydrogen-bond donors (Lipinski definition) is 1. The molecule has 2 aromatic rings. The molecule has 94 valence electrons. The molecule has 0 spiro atoms. The van der Waals surface area contributed by atoms with Crippen LogP contribution in [0.25, 0.3) is 15.8 Å². The first-order chi connectivity index (χ1) is 9.08. The van der Waals surface area contributed by atoms with Crippen molar-refractivity contribution < 1.29 is 4.39 Å². The van der Waals surface area contributed by atoms with Crippen molar-refractivity contribution in [2.45, 2.75) is 0 Å². The normalized spacial score (nSPS) is 11.3. The number of thiophene rings is 1. The van der Waals surface area contributed by atoms with Gasteiger partial charge in [0.1, 0.15) is 21.6 Å². The van der Waals surface area contributed by atoms with Crippen LogP contribution in [0.4, 0.5) is 10.1 Å². The van der Waals surface area contributed by atoms with Crippen LogP contribution in [0.5, 0.6) is 0 Å². The SMILES string of the molecule is C=C/C=C(\C(=C)F)c1ccc2c(N)c(C#N)sc2n1. The van der Waals surface area contributed by atoms with E-state index in [1.165, 1.54) is 23.5 Å². The maximum atomic E-state index is 13.4. The summed E-state index contributed by atoms with van der Waals surface area (Å²) in [7, 11) is 0. The topological polar surface area (TPSA) is 62.7 Å². The van der Waals surface area contributed by atoms with Gasteiger partial charge < -0.3 is 5.73 Å². The Morgan fingerprint density at radius 1 is 1.53 bits per heavy atom. The first-order valence-corrected chi connectivity index (χ1v) is 6.17. The summed E-state index contributed by atoms with van der Waals surface area (Å²) in [5, 5.41) is 9.63. The minimum atomic E-state index is -0.586. The Balaban J connectivity index is 2.65. The van der Waals surface area contributed by atoms with Crippen molar-refractivity contribution in [2.24, 2.45) is 0 Å². The number of rotatable bonds is 3. The Labute approximate surface area is 113 Å². The van der Waals surface area contributed by atoms with Crippen LogP contribution in [-0.2, 0) is 0 Å². The Morgan fingerprint density at radius 2 is 2.26 bits per heavy atom. The number of hydrogen-bond acceptors (Lipinski definition) is 4. The van der Waals surface area contributed by atoms with Gasteiger partial charge in [-0.25, -0.2) is 9.37 Å². The molecule has 0 aromatic carbocycles. The fraction of sp³-hybridized carbons (Fsp3) is 0. The predicted molar refractivity (Wildman–Crippen MR) is 77.2 cm³/mol. The lowest BCUT2D eigenvalue weighted by Gasteiger charge is -2.03. The number of aromatic nitrogens is 1. The Bertz CT molecular complexity index is 750. The predicted octanol–water partition coefficient (Wildman–Crippen LogP) is 3.80. The highest BCUT2D eigenvalue weighted by atomic mass is 32.1. The second-order valence-corrected chi connectivity index (χ2v) is 4.73. The first kappa shape index (κ1) is 13.0. The second kappa shape index (κ2) is 5.04. The van der Waals surface area contributed by atoms with E-state index >= 15 is 0 Å². The highest BCUT2D eigenvalue weighted by Gasteiger charge is 2.13. The average Bonchev–Trinajstić information content (AvgIpc) is 2.71. The number of nitrogens with zero attached hydrogens (tertiary/aromatic N) is 2. The van der Waals surface area contributed by atoms with Crippen molar-refractivity contribution >= 4 is 32.8 Å². The lowest BCUT2D eigenvalue weighted by molar-refractivity contribution is 0.677. The third kappa shape index (κ3) is 2.26. The van der Waals surface area contributed by atoms with Crippen LogP contribution in [-0.4, -0.2) is 4.98 Å². The van der Waals surface area contributed by atoms with Crippen LogP contribution in [0.15, 0.2) is 43.3 Å². The largest absolute Gasteiger partial charge is 0.396 e. The summed E-state index contributed by atoms with van der Waals surface area (Å²) in [5.41, 5.74) is 6.93. The fourth-order valence-corrected chi connectivity index (χ4v) is 2.55. The van der Waals surface area contributed by atoms with Crippen LogP contribution in [0, 0.1) is 11.3 Å². The number of nitriles is 1. The minimum Gasteiger partial charge on any atom is -0.396 e. The van der Waals surface area contributed by atoms with Gasteiger partial charge in [0.05, 0.1) is 11.4 Å². The summed E-state index contributed by atoms with van der Waals surface area (Å²) < 4.78 is 13.4. The summed E-state index contributed by atoms with van der Waals surface area (Å²) in [6.07, 6.45) is 2.97. The van der Waals surface area contributed by atoms with Crippen LogP contribution in [0.1, 0.15) is 10.6 Å². The summed E-state index contributed by atoms with van der Waals surface area (Å²) in [6, 6.07) is 5.38. The maximum absolute atomic E-state index is 13.4. The van der Waals surface area contributed by atoms with E-state index in [0.717, 1.165) is 0 Å². The number of allylic oxidation sites excluding steroid dienone is 4. The molecule has 5 heteroatoms. The molecule has 0 atom stereocenters. The van der Waals surface area contributed by atoms with Crippen LogP contribution in [0.2, 0.25) is 0 Å². The Hall–Kier alpha value is -2.45. The molecule has 2 rings (SSSR count). The summed E-state index contributed by atoms with van der Waals surface area (Å²) in [6.45, 7) is 6.80. The summed E-state index contributed by atoms with van der Waals surface area (Å²) >= 11 is 1.18. The standard InChI is InChI=1S/C14H10FN3S/c1-3-4-9(8(2)15)11-6-5-10-13(17)12(7-16)19-14(10)18-11/h3-6H,1-2,17H2/b9-4+. The molecule has 0 radical (unpaired) electrons. The molecule has 2 heterocycles. The molecule has 0 unspecified atom stereocenters. The summed E-state index contributed by atoms with van der Waals surface area (Å²) in [5.74, 6) is -0.586. The van der Waals surface area contributed by atoms with Gasteiger partial charge in [0.25, 0.3) is 0 Å². The lowest BCUT2D eigenvalue weighted by Crippen LogP contribution is -1.90. The minimum absolute atomic E-state index is 0.266. The molecule has 0 aliphatic heterocycles. The van der Waals surface area contributed by atoms with Gasteiger partial charge in [-0.2, -0.15) is 5.26 Å². The Morgan fingerprint density at radius 3 is 2.84 bits per heavy atom. The van der Waals surface area contributed by atoms with Gasteiger partial charge in [0.15, 0.2) is 0 Å². The van der Waals surface area contributed by atoms with Crippen LogP contribution in [0.3, 0.4) is 0 Å². The van der Waals surface area contributed by atoms with Crippen molar-refractivity contribution in [3.8, 4) is 6.07 Å². The van der Waals surface area contributed by atoms with Crippen molar-refractivity contribution in [1.29, 1.82) is 5.26 Å². The lowest BCUT2D eigenvalue weighted by atomic mass is 10.1. The van der Waals surface area contributed by atoms with Crippen molar-refractivity contribution in [1.82, 2.24) is 4.98 Å². The van der Waals surface area contributed by atoms with Gasteiger partial charge in [0, 0.05) is 11.0 Å². The van der Waals surface area contributed by atoms with E-state index < -0.39 is 5.83 Å². The number of pyridine rings is 1. The van der Waals surface area contributed by atoms with E-state index in [9.17, 15) is 4.39 Å². The monoisotopic (exact) mass is 271 g/mol. The number of nitrogens with two attached hydrogens (primary N) is 1. The number of fused-ring (bicyclic) bond motifs is 1. The van der Waals surface area contributed by atoms with Crippen LogP contribution < -0.4 is 5.73 Å². The van der Waals surface area contributed by atoms with E-state index in [0.29, 0.717) is 26.5 Å². The van der Waals surface area contributed by atoms with Crippen molar-refractivity contribution in [2.75, 3.05) is 5.73 Å². The van der Waals surface area contributed by atoms with Gasteiger partial charge in [-0.05, 0) is 12.1 Å². The zero-order valence-corrected chi connectivity index (χ0v) is 10.8. The molecule has 0 aliphatic rings. The van der Waals surface area contributed by atoms with Gasteiger partial charge in [-0.3, -0.25) is 0 Å². The molecule has 0 saturated carbocycles. The number of nitrogen functional groups attached to an aromatic ring is 1. The van der Waals surface area contributed by atoms with E-state index in [1.54, 1.807) is 12.1 Å². The van der Waals surface area contributed by atoms with Crippen LogP contribution >= 0.6 is 11.3 Å². The van der Waals surface area contributed by atoms with Crippen molar-refractivity contribution in [3.63, 3.8) is 0 Å². The molecular formula is C14H10FN3S. The zero-order chi connectivity index (χ0) is 14.0. The second-order valence-electron chi connectivity index (χ2n) is 3.73. The molecule has 0 fully saturated rings. The van der Waals surface area contributed by atoms with Gasteiger partial charge in [-0.1, -0.05) is 25.3 Å². The average molecular weight is 271 g/mol. The molecule has 19 heavy (non-hydrogen) atoms. The number of halogens is 1. The smallest absolute Gasteiger partial charge is 0.130 e. The van der Waals surface area contributed by atoms with E-state index in [-0.39, 0.29) is 5.57 Å². The molecule has 0 bridgehead atoms. The maximum Gasteiger partial charge on any atom is 0.130 e. The molecule has 2 aromatic heterocycles. The van der Waals surface area contributed by atoms with E-state index in [1.807, 2.05) is 6.07 Å². The zero-order valence-electron chi connectivity index (χ0n) is 9.98. The molecule has 0 amide bonds. The summed E-state index contributed by atoms with van der Waals surface area (Å²) in [4.78, 5) is 5.33. The molecule has 2 N–H and O–H groups in total. The highest BCUT2D eigenvalue weighted by molar-refractivity contribution is 7.19. The molecule has 3 nitrogen and oxygen atoms in total. The Kier molecular flexibility index (Phi) is 3.45. The molecular weight excluding hydrogens is 261 g/mol. The highest BCUT2D eigenvalue weighted by Crippen LogP contribution is 2.33. The third-order valence-electron chi connectivity index (χ3n) is 2.55. The molecule has 0 aliphatic carbocycles. The molecule has 0 saturated heterocycles. The van der Waals surface area contributed by atoms with Gasteiger partial charge in [-0.15, -0.1) is 11.3 Å². The van der Waals surface area contributed by atoms with E-state index in [2.05, 4.69) is 18.1 Å². The van der Waals surface area contributed by atoms with Gasteiger partial charge in [0.2, 0.25) is 0 Å². The van der Waals surface area contributed by atoms with E-state index in [4.69, 9.17) is 11.0 Å². The first-order valence-electron chi connectivity index (χ1n) is 5.35. The van der Waals surface area contributed by atoms with Gasteiger partial charge >= 0.3 is 0 Å².